The molecule has 4 nitrogen and oxygen atoms in total. The highest BCUT2D eigenvalue weighted by Crippen LogP contribution is 2.54. The van der Waals surface area contributed by atoms with Crippen LogP contribution in [0.25, 0.3) is 0 Å². The molecule has 36 heavy (non-hydrogen) atoms. The molecule has 4 heteroatoms. The summed E-state index contributed by atoms with van der Waals surface area (Å²) >= 11 is 0. The Labute approximate surface area is 212 Å². The summed E-state index contributed by atoms with van der Waals surface area (Å²) in [5.41, 5.74) is 8.20. The van der Waals surface area contributed by atoms with Crippen LogP contribution in [0.4, 0.5) is 11.4 Å². The number of methoxy groups -OCH3 is 1. The van der Waals surface area contributed by atoms with Crippen LogP contribution in [0.15, 0.2) is 72.8 Å². The van der Waals surface area contributed by atoms with Gasteiger partial charge in [0.25, 0.3) is 5.91 Å². The fourth-order valence-electron chi connectivity index (χ4n) is 5.53. The van der Waals surface area contributed by atoms with Gasteiger partial charge in [0.1, 0.15) is 16.9 Å². The summed E-state index contributed by atoms with van der Waals surface area (Å²) in [6.07, 6.45) is 0. The highest BCUT2D eigenvalue weighted by molar-refractivity contribution is 6.17. The summed E-state index contributed by atoms with van der Waals surface area (Å²) in [5.74, 6) is 0.895. The number of ether oxygens (including phenoxy) is 1. The van der Waals surface area contributed by atoms with Crippen LogP contribution in [0.5, 0.6) is 11.5 Å². The zero-order valence-corrected chi connectivity index (χ0v) is 21.6. The van der Waals surface area contributed by atoms with Crippen LogP contribution in [0.3, 0.4) is 0 Å². The number of hydrogen-bond acceptors (Lipinski definition) is 3. The molecule has 5 rings (SSSR count). The smallest absolute Gasteiger partial charge is 0.251 e. The fraction of sp³-hybridized carbons (Fsp3) is 0.219. The molecule has 0 bridgehead atoms. The number of phenols is 1. The summed E-state index contributed by atoms with van der Waals surface area (Å²) in [5, 5.41) is 10.6. The van der Waals surface area contributed by atoms with Crippen molar-refractivity contribution < 1.29 is 14.6 Å². The van der Waals surface area contributed by atoms with Gasteiger partial charge < -0.3 is 9.84 Å². The van der Waals surface area contributed by atoms with Crippen molar-refractivity contribution in [2.24, 2.45) is 0 Å². The molecule has 0 saturated carbocycles. The maximum atomic E-state index is 14.9. The monoisotopic (exact) mass is 477 g/mol. The summed E-state index contributed by atoms with van der Waals surface area (Å²) < 4.78 is 5.48. The van der Waals surface area contributed by atoms with Crippen LogP contribution < -0.4 is 9.64 Å². The van der Waals surface area contributed by atoms with Gasteiger partial charge in [-0.05, 0) is 91.8 Å². The molecule has 0 saturated heterocycles. The molecule has 1 aliphatic rings. The minimum Gasteiger partial charge on any atom is -0.507 e. The number of hydrogen-bond donors (Lipinski definition) is 1. The van der Waals surface area contributed by atoms with E-state index in [1.54, 1.807) is 12.0 Å². The first-order chi connectivity index (χ1) is 17.2. The number of nitrogens with zero attached hydrogens (tertiary/aromatic N) is 1. The Hall–Kier alpha value is -4.05. The largest absolute Gasteiger partial charge is 0.507 e. The van der Waals surface area contributed by atoms with Crippen molar-refractivity contribution in [1.29, 1.82) is 0 Å². The van der Waals surface area contributed by atoms with Gasteiger partial charge in [-0.25, -0.2) is 0 Å². The number of carbonyl (C=O) groups excluding carboxylic acids is 1. The number of phenolic OH excluding ortho intramolecular Hbond substituents is 1. The molecule has 1 N–H and O–H groups in total. The summed E-state index contributed by atoms with van der Waals surface area (Å²) in [4.78, 5) is 16.7. The molecule has 0 radical (unpaired) electrons. The van der Waals surface area contributed by atoms with Gasteiger partial charge in [0.05, 0.1) is 18.5 Å². The van der Waals surface area contributed by atoms with Gasteiger partial charge in [-0.2, -0.15) is 0 Å². The average Bonchev–Trinajstić information content (AvgIpc) is 3.14. The third kappa shape index (κ3) is 3.32. The molecule has 4 aromatic carbocycles. The number of benzene rings is 4. The first-order valence-corrected chi connectivity index (χ1v) is 12.2. The molecular formula is C32H31NO3. The number of amides is 1. The van der Waals surface area contributed by atoms with E-state index in [4.69, 9.17) is 4.74 Å². The van der Waals surface area contributed by atoms with E-state index < -0.39 is 5.41 Å². The Morgan fingerprint density at radius 1 is 0.750 bits per heavy atom. The number of para-hydroxylation sites is 1. The summed E-state index contributed by atoms with van der Waals surface area (Å²) in [6.45, 7) is 10.1. The van der Waals surface area contributed by atoms with E-state index in [1.165, 1.54) is 5.56 Å². The molecule has 0 spiro atoms. The van der Waals surface area contributed by atoms with Crippen LogP contribution in [-0.2, 0) is 10.2 Å². The van der Waals surface area contributed by atoms with Crippen LogP contribution >= 0.6 is 0 Å². The Bertz CT molecular complexity index is 1410. The van der Waals surface area contributed by atoms with E-state index in [2.05, 4.69) is 39.0 Å². The second-order valence-electron chi connectivity index (χ2n) is 9.80. The van der Waals surface area contributed by atoms with Gasteiger partial charge in [-0.15, -0.1) is 0 Å². The van der Waals surface area contributed by atoms with E-state index in [0.717, 1.165) is 50.3 Å². The normalized spacial score (nSPS) is 16.8. The lowest BCUT2D eigenvalue weighted by molar-refractivity contribution is -0.120. The predicted octanol–water partition coefficient (Wildman–Crippen LogP) is 6.96. The Balaban J connectivity index is 1.91. The second kappa shape index (κ2) is 8.56. The van der Waals surface area contributed by atoms with Crippen LogP contribution in [0.1, 0.15) is 44.5 Å². The third-order valence-electron chi connectivity index (χ3n) is 7.67. The maximum absolute atomic E-state index is 14.9. The Morgan fingerprint density at radius 3 is 1.94 bits per heavy atom. The SMILES string of the molecule is COc1cccc(N2C(=O)C(c3cc(C)c(C)c(C)c3)(c3cc(C)c(O)c(C)c3)c3ccccc32)c1. The topological polar surface area (TPSA) is 49.8 Å². The number of anilines is 2. The number of aromatic hydroxyl groups is 1. The minimum absolute atomic E-state index is 0.0518. The molecule has 1 amide bonds. The molecule has 1 atom stereocenters. The van der Waals surface area contributed by atoms with E-state index >= 15 is 0 Å². The van der Waals surface area contributed by atoms with Crippen LogP contribution in [0.2, 0.25) is 0 Å². The van der Waals surface area contributed by atoms with E-state index in [-0.39, 0.29) is 11.7 Å². The summed E-state index contributed by atoms with van der Waals surface area (Å²) in [6, 6.07) is 23.8. The highest BCUT2D eigenvalue weighted by Gasteiger charge is 2.54. The molecular weight excluding hydrogens is 446 g/mol. The molecule has 1 heterocycles. The Kier molecular flexibility index (Phi) is 5.63. The molecule has 0 aromatic heterocycles. The molecule has 182 valence electrons. The fourth-order valence-corrected chi connectivity index (χ4v) is 5.53. The molecule has 1 aliphatic heterocycles. The molecule has 0 aliphatic carbocycles. The number of aryl methyl sites for hydroxylation is 4. The van der Waals surface area contributed by atoms with Crippen molar-refractivity contribution in [3.05, 3.63) is 117 Å². The van der Waals surface area contributed by atoms with Crippen LogP contribution in [-0.4, -0.2) is 18.1 Å². The Morgan fingerprint density at radius 2 is 1.33 bits per heavy atom. The van der Waals surface area contributed by atoms with Gasteiger partial charge in [0.15, 0.2) is 0 Å². The number of fused-ring (bicyclic) bond motifs is 1. The maximum Gasteiger partial charge on any atom is 0.251 e. The third-order valence-corrected chi connectivity index (χ3v) is 7.67. The minimum atomic E-state index is -1.08. The predicted molar refractivity (Wildman–Crippen MR) is 145 cm³/mol. The van der Waals surface area contributed by atoms with Gasteiger partial charge in [-0.1, -0.05) is 48.5 Å². The van der Waals surface area contributed by atoms with Gasteiger partial charge in [0, 0.05) is 11.6 Å². The lowest BCUT2D eigenvalue weighted by Crippen LogP contribution is -2.40. The quantitative estimate of drug-likeness (QED) is 0.346. The van der Waals surface area contributed by atoms with Gasteiger partial charge >= 0.3 is 0 Å². The van der Waals surface area contributed by atoms with Gasteiger partial charge in [-0.3, -0.25) is 9.69 Å². The standard InChI is InChI=1S/C32H31NO3/c1-19-14-24(15-20(2)23(19)5)32(25-16-21(3)30(34)22(4)17-25)28-12-7-8-13-29(28)33(31(32)35)26-10-9-11-27(18-26)36-6/h7-18,34H,1-6H3. The first-order valence-electron chi connectivity index (χ1n) is 12.2. The van der Waals surface area contributed by atoms with Crippen molar-refractivity contribution in [2.45, 2.75) is 40.0 Å². The second-order valence-corrected chi connectivity index (χ2v) is 9.80. The lowest BCUT2D eigenvalue weighted by Gasteiger charge is -2.32. The number of carbonyl (C=O) groups is 1. The zero-order chi connectivity index (χ0) is 25.8. The van der Waals surface area contributed by atoms with Crippen molar-refractivity contribution in [1.82, 2.24) is 0 Å². The highest BCUT2D eigenvalue weighted by atomic mass is 16.5. The van der Waals surface area contributed by atoms with Gasteiger partial charge in [0.2, 0.25) is 0 Å². The molecule has 1 unspecified atom stereocenters. The van der Waals surface area contributed by atoms with E-state index in [9.17, 15) is 9.90 Å². The van der Waals surface area contributed by atoms with Crippen molar-refractivity contribution >= 4 is 17.3 Å². The zero-order valence-electron chi connectivity index (χ0n) is 21.6. The first kappa shape index (κ1) is 23.7. The van der Waals surface area contributed by atoms with Crippen molar-refractivity contribution in [3.8, 4) is 11.5 Å². The van der Waals surface area contributed by atoms with E-state index in [0.29, 0.717) is 5.75 Å². The molecule has 4 aromatic rings. The lowest BCUT2D eigenvalue weighted by atomic mass is 9.68. The van der Waals surface area contributed by atoms with Crippen molar-refractivity contribution in [3.63, 3.8) is 0 Å². The van der Waals surface area contributed by atoms with E-state index in [1.807, 2.05) is 68.4 Å². The van der Waals surface area contributed by atoms with Crippen molar-refractivity contribution in [2.75, 3.05) is 12.0 Å². The molecule has 0 fully saturated rings. The summed E-state index contributed by atoms with van der Waals surface area (Å²) in [7, 11) is 1.63. The average molecular weight is 478 g/mol. The number of rotatable bonds is 4. The van der Waals surface area contributed by atoms with Crippen LogP contribution in [0, 0.1) is 34.6 Å².